The van der Waals surface area contributed by atoms with E-state index in [0.717, 1.165) is 56.9 Å². The van der Waals surface area contributed by atoms with E-state index in [2.05, 4.69) is 5.32 Å². The number of sulfonamides is 1. The van der Waals surface area contributed by atoms with Crippen LogP contribution in [0, 0.1) is 0 Å². The third-order valence-corrected chi connectivity index (χ3v) is 7.44. The first kappa shape index (κ1) is 19.3. The molecule has 1 saturated heterocycles. The smallest absolute Gasteiger partial charge is 0.243 e. The van der Waals surface area contributed by atoms with E-state index in [1.807, 2.05) is 0 Å². The summed E-state index contributed by atoms with van der Waals surface area (Å²) < 4.78 is 26.9. The van der Waals surface area contributed by atoms with E-state index in [1.54, 1.807) is 28.6 Å². The zero-order chi connectivity index (χ0) is 18.6. The van der Waals surface area contributed by atoms with E-state index in [4.69, 9.17) is 5.73 Å². The van der Waals surface area contributed by atoms with Gasteiger partial charge in [0.15, 0.2) is 0 Å². The first-order valence-electron chi connectivity index (χ1n) is 9.58. The lowest BCUT2D eigenvalue weighted by Crippen LogP contribution is -2.54. The molecule has 0 unspecified atom stereocenters. The van der Waals surface area contributed by atoms with Crippen molar-refractivity contribution in [3.8, 4) is 0 Å². The van der Waals surface area contributed by atoms with Gasteiger partial charge in [0.1, 0.15) is 0 Å². The Morgan fingerprint density at radius 3 is 2.19 bits per heavy atom. The van der Waals surface area contributed by atoms with Crippen LogP contribution < -0.4 is 11.1 Å². The fraction of sp³-hybridized carbons (Fsp3) is 0.632. The van der Waals surface area contributed by atoms with Gasteiger partial charge in [-0.3, -0.25) is 4.79 Å². The van der Waals surface area contributed by atoms with Crippen LogP contribution in [-0.2, 0) is 21.4 Å². The average molecular weight is 380 g/mol. The van der Waals surface area contributed by atoms with E-state index in [-0.39, 0.29) is 5.91 Å². The Labute approximate surface area is 156 Å². The van der Waals surface area contributed by atoms with Crippen molar-refractivity contribution in [1.82, 2.24) is 9.62 Å². The molecule has 0 bridgehead atoms. The summed E-state index contributed by atoms with van der Waals surface area (Å²) in [4.78, 5) is 12.7. The number of nitrogens with zero attached hydrogens (tertiary/aromatic N) is 1. The summed E-state index contributed by atoms with van der Waals surface area (Å²) in [6, 6.07) is 6.79. The predicted molar refractivity (Wildman–Crippen MR) is 101 cm³/mol. The fourth-order valence-corrected chi connectivity index (χ4v) is 5.32. The van der Waals surface area contributed by atoms with Gasteiger partial charge in [-0.05, 0) is 43.4 Å². The molecule has 2 aliphatic rings. The molecular formula is C19H29N3O3S. The van der Waals surface area contributed by atoms with Crippen LogP contribution in [-0.4, -0.2) is 37.3 Å². The maximum atomic E-state index is 12.7. The summed E-state index contributed by atoms with van der Waals surface area (Å²) >= 11 is 0. The van der Waals surface area contributed by atoms with Crippen molar-refractivity contribution < 1.29 is 13.2 Å². The lowest BCUT2D eigenvalue weighted by atomic mass is 9.82. The maximum Gasteiger partial charge on any atom is 0.243 e. The molecule has 3 rings (SSSR count). The van der Waals surface area contributed by atoms with Crippen LogP contribution in [0.5, 0.6) is 0 Å². The number of benzene rings is 1. The Balaban J connectivity index is 1.60. The molecule has 6 nitrogen and oxygen atoms in total. The molecule has 1 aliphatic heterocycles. The second-order valence-corrected chi connectivity index (χ2v) is 9.45. The second-order valence-electron chi connectivity index (χ2n) is 7.51. The monoisotopic (exact) mass is 379 g/mol. The first-order valence-corrected chi connectivity index (χ1v) is 11.0. The number of rotatable bonds is 5. The summed E-state index contributed by atoms with van der Waals surface area (Å²) in [6.07, 6.45) is 7.51. The Morgan fingerprint density at radius 2 is 1.58 bits per heavy atom. The number of amides is 1. The van der Waals surface area contributed by atoms with Crippen LogP contribution in [0.4, 0.5) is 0 Å². The van der Waals surface area contributed by atoms with Crippen LogP contribution in [0.15, 0.2) is 29.2 Å². The third kappa shape index (κ3) is 4.27. The Kier molecular flexibility index (Phi) is 5.99. The van der Waals surface area contributed by atoms with Crippen LogP contribution in [0.3, 0.4) is 0 Å². The molecular weight excluding hydrogens is 350 g/mol. The van der Waals surface area contributed by atoms with Crippen molar-refractivity contribution >= 4 is 15.9 Å². The highest BCUT2D eigenvalue weighted by atomic mass is 32.2. The molecule has 1 heterocycles. The quantitative estimate of drug-likeness (QED) is 0.820. The standard InChI is InChI=1S/C19H29N3O3S/c20-19(11-3-1-4-12-19)18(23)21-15-16-7-9-17(10-8-16)26(24,25)22-13-5-2-6-14-22/h7-10H,1-6,11-15,20H2,(H,21,23). The van der Waals surface area contributed by atoms with Crippen molar-refractivity contribution in [1.29, 1.82) is 0 Å². The molecule has 3 N–H and O–H groups in total. The Hall–Kier alpha value is -1.44. The molecule has 0 radical (unpaired) electrons. The maximum absolute atomic E-state index is 12.7. The number of nitrogens with one attached hydrogen (secondary N) is 1. The van der Waals surface area contributed by atoms with Crippen molar-refractivity contribution in [3.63, 3.8) is 0 Å². The fourth-order valence-electron chi connectivity index (χ4n) is 3.80. The van der Waals surface area contributed by atoms with E-state index in [0.29, 0.717) is 24.5 Å². The molecule has 1 aliphatic carbocycles. The highest BCUT2D eigenvalue weighted by Crippen LogP contribution is 2.26. The van der Waals surface area contributed by atoms with Gasteiger partial charge in [-0.2, -0.15) is 4.31 Å². The van der Waals surface area contributed by atoms with Gasteiger partial charge in [-0.1, -0.05) is 37.8 Å². The molecule has 0 aromatic heterocycles. The molecule has 7 heteroatoms. The zero-order valence-corrected chi connectivity index (χ0v) is 16.1. The normalized spacial score (nSPS) is 21.3. The molecule has 26 heavy (non-hydrogen) atoms. The lowest BCUT2D eigenvalue weighted by molar-refractivity contribution is -0.127. The molecule has 0 spiro atoms. The van der Waals surface area contributed by atoms with Gasteiger partial charge in [-0.15, -0.1) is 0 Å². The van der Waals surface area contributed by atoms with Crippen molar-refractivity contribution in [2.45, 2.75) is 68.3 Å². The van der Waals surface area contributed by atoms with Gasteiger partial charge < -0.3 is 11.1 Å². The van der Waals surface area contributed by atoms with Crippen molar-refractivity contribution in [3.05, 3.63) is 29.8 Å². The largest absolute Gasteiger partial charge is 0.350 e. The SMILES string of the molecule is NC1(C(=O)NCc2ccc(S(=O)(=O)N3CCCCC3)cc2)CCCCC1. The number of carbonyl (C=O) groups is 1. The van der Waals surface area contributed by atoms with E-state index in [1.165, 1.54) is 0 Å². The molecule has 1 amide bonds. The first-order chi connectivity index (χ1) is 12.4. The van der Waals surface area contributed by atoms with Gasteiger partial charge in [0.2, 0.25) is 15.9 Å². The second kappa shape index (κ2) is 8.06. The van der Waals surface area contributed by atoms with Crippen molar-refractivity contribution in [2.75, 3.05) is 13.1 Å². The summed E-state index contributed by atoms with van der Waals surface area (Å²) in [7, 11) is -3.41. The van der Waals surface area contributed by atoms with Crippen LogP contribution >= 0.6 is 0 Å². The van der Waals surface area contributed by atoms with Crippen LogP contribution in [0.2, 0.25) is 0 Å². The summed E-state index contributed by atoms with van der Waals surface area (Å²) in [5.74, 6) is -0.109. The highest BCUT2D eigenvalue weighted by molar-refractivity contribution is 7.89. The Morgan fingerprint density at radius 1 is 1.00 bits per heavy atom. The molecule has 144 valence electrons. The predicted octanol–water partition coefficient (Wildman–Crippen LogP) is 2.14. The van der Waals surface area contributed by atoms with Crippen LogP contribution in [0.25, 0.3) is 0 Å². The molecule has 2 fully saturated rings. The minimum Gasteiger partial charge on any atom is -0.350 e. The number of nitrogens with two attached hydrogens (primary N) is 1. The third-order valence-electron chi connectivity index (χ3n) is 5.53. The minimum absolute atomic E-state index is 0.109. The van der Waals surface area contributed by atoms with Crippen LogP contribution in [0.1, 0.15) is 56.9 Å². The van der Waals surface area contributed by atoms with E-state index >= 15 is 0 Å². The Bertz CT molecular complexity index is 719. The highest BCUT2D eigenvalue weighted by Gasteiger charge is 2.35. The van der Waals surface area contributed by atoms with Gasteiger partial charge in [-0.25, -0.2) is 8.42 Å². The number of hydrogen-bond acceptors (Lipinski definition) is 4. The number of piperidine rings is 1. The summed E-state index contributed by atoms with van der Waals surface area (Å²) in [5.41, 5.74) is 6.35. The summed E-state index contributed by atoms with van der Waals surface area (Å²) in [5, 5.41) is 2.91. The summed E-state index contributed by atoms with van der Waals surface area (Å²) in [6.45, 7) is 1.55. The zero-order valence-electron chi connectivity index (χ0n) is 15.2. The molecule has 1 saturated carbocycles. The lowest BCUT2D eigenvalue weighted by Gasteiger charge is -2.31. The van der Waals surface area contributed by atoms with Gasteiger partial charge in [0, 0.05) is 19.6 Å². The topological polar surface area (TPSA) is 92.5 Å². The number of carbonyl (C=O) groups excluding carboxylic acids is 1. The number of hydrogen-bond donors (Lipinski definition) is 2. The van der Waals surface area contributed by atoms with Gasteiger partial charge in [0.05, 0.1) is 10.4 Å². The van der Waals surface area contributed by atoms with Crippen molar-refractivity contribution in [2.24, 2.45) is 5.73 Å². The van der Waals surface area contributed by atoms with E-state index in [9.17, 15) is 13.2 Å². The average Bonchev–Trinajstić information content (AvgIpc) is 2.67. The molecule has 1 aromatic carbocycles. The van der Waals surface area contributed by atoms with Gasteiger partial charge in [0.25, 0.3) is 0 Å². The molecule has 0 atom stereocenters. The van der Waals surface area contributed by atoms with Gasteiger partial charge >= 0.3 is 0 Å². The molecule has 1 aromatic rings. The minimum atomic E-state index is -3.41. The van der Waals surface area contributed by atoms with E-state index < -0.39 is 15.6 Å².